The molecular weight excluding hydrogens is 242 g/mol. The van der Waals surface area contributed by atoms with Gasteiger partial charge in [-0.1, -0.05) is 42.1 Å². The number of hydrogen-bond donors (Lipinski definition) is 1. The molecule has 3 atom stereocenters. The van der Waals surface area contributed by atoms with Gasteiger partial charge in [0, 0.05) is 22.5 Å². The van der Waals surface area contributed by atoms with Gasteiger partial charge in [-0.05, 0) is 19.3 Å². The topological polar surface area (TPSA) is 35.2 Å². The predicted molar refractivity (Wildman–Crippen MR) is 80.6 cm³/mol. The van der Waals surface area contributed by atoms with Crippen LogP contribution in [0, 0.1) is 0 Å². The minimum atomic E-state index is -1.11. The molecule has 2 nitrogen and oxygen atoms in total. The number of rotatable bonds is 3. The summed E-state index contributed by atoms with van der Waals surface area (Å²) in [6.07, 6.45) is 3.66. The molecule has 1 aromatic carbocycles. The van der Waals surface area contributed by atoms with E-state index < -0.39 is 8.80 Å². The maximum Gasteiger partial charge on any atom is 1.00 e. The highest BCUT2D eigenvalue weighted by Crippen LogP contribution is 2.25. The molecule has 0 bridgehead atoms. The van der Waals surface area contributed by atoms with Gasteiger partial charge in [-0.3, -0.25) is 0 Å². The minimum Gasteiger partial charge on any atom is -0.378 e. The average molecular weight is 267 g/mol. The van der Waals surface area contributed by atoms with Crippen molar-refractivity contribution < 1.29 is 6.16 Å². The van der Waals surface area contributed by atoms with Crippen LogP contribution in [0.15, 0.2) is 30.3 Å². The molecule has 0 spiro atoms. The Kier molecular flexibility index (Phi) is 4.19. The third-order valence-electron chi connectivity index (χ3n) is 4.07. The fourth-order valence-electron chi connectivity index (χ4n) is 2.71. The lowest BCUT2D eigenvalue weighted by atomic mass is 10.1. The van der Waals surface area contributed by atoms with E-state index in [4.69, 9.17) is 10.5 Å². The van der Waals surface area contributed by atoms with E-state index in [1.54, 1.807) is 0 Å². The zero-order valence-electron chi connectivity index (χ0n) is 11.9. The van der Waals surface area contributed by atoms with Crippen LogP contribution in [-0.2, 0) is 4.74 Å². The average Bonchev–Trinajstić information content (AvgIpc) is 2.39. The van der Waals surface area contributed by atoms with Crippen LogP contribution in [0.1, 0.15) is 20.7 Å². The smallest absolute Gasteiger partial charge is 0.378 e. The van der Waals surface area contributed by atoms with Crippen LogP contribution in [-0.4, -0.2) is 36.5 Å². The molecule has 4 heteroatoms. The molecule has 0 radical (unpaired) electrons. The monoisotopic (exact) mass is 266 g/mol. The summed E-state index contributed by atoms with van der Waals surface area (Å²) in [5.41, 5.74) is 6.79. The molecule has 94 valence electrons. The summed E-state index contributed by atoms with van der Waals surface area (Å²) in [6.45, 7) is 3.27. The molecule has 0 saturated carbocycles. The van der Waals surface area contributed by atoms with Gasteiger partial charge in [-0.15, -0.1) is 0 Å². The maximum absolute atomic E-state index is 6.53. The Balaban J connectivity index is 0.00000162. The van der Waals surface area contributed by atoms with Crippen LogP contribution in [0.3, 0.4) is 0 Å². The molecule has 1 aliphatic rings. The molecule has 1 heterocycles. The zero-order valence-corrected chi connectivity index (χ0v) is 14.0. The molecule has 3 unspecified atom stereocenters. The molecule has 1 aromatic rings. The van der Waals surface area contributed by atoms with Gasteiger partial charge < -0.3 is 10.5 Å². The molecule has 1 saturated heterocycles. The second-order valence-electron chi connectivity index (χ2n) is 5.34. The lowest BCUT2D eigenvalue weighted by Gasteiger charge is -2.41. The van der Waals surface area contributed by atoms with Gasteiger partial charge in [0.05, 0.1) is 14.0 Å². The third kappa shape index (κ3) is 2.88. The van der Waals surface area contributed by atoms with Gasteiger partial charge in [-0.25, -0.2) is 0 Å². The molecule has 17 heavy (non-hydrogen) atoms. The van der Waals surface area contributed by atoms with Crippen molar-refractivity contribution in [2.75, 3.05) is 6.61 Å². The lowest BCUT2D eigenvalue weighted by molar-refractivity contribution is -0.0199. The first-order chi connectivity index (χ1) is 8.13. The van der Waals surface area contributed by atoms with Crippen molar-refractivity contribution in [2.45, 2.75) is 36.7 Å². The van der Waals surface area contributed by atoms with E-state index in [1.165, 1.54) is 24.4 Å². The highest BCUT2D eigenvalue weighted by atomic mass is 28.3. The number of ether oxygens (including phenoxy) is 1. The highest BCUT2D eigenvalue weighted by Gasteiger charge is 2.38. The van der Waals surface area contributed by atoms with Crippen molar-refractivity contribution in [1.29, 1.82) is 0 Å². The molecule has 2 rings (SSSR count). The molecule has 1 fully saturated rings. The predicted octanol–water partition coefficient (Wildman–Crippen LogP) is -0.00830. The van der Waals surface area contributed by atoms with Crippen molar-refractivity contribution >= 4 is 24.2 Å². The van der Waals surface area contributed by atoms with Gasteiger partial charge in [-0.2, -0.15) is 0 Å². The SMILES string of the molecule is C[SiH](c1ccccc1)C(N)C1([SiH3])CCCCO1.[H+]. The Morgan fingerprint density at radius 2 is 2.12 bits per heavy atom. The lowest BCUT2D eigenvalue weighted by Crippen LogP contribution is -2.62. The standard InChI is InChI=1S/C13H23NOSi2/c1-17(11-7-3-2-4-8-11)12(14)13(16)9-5-6-10-15-13/h2-4,7-8,12,17H,5-6,9-10,14H2,1,16H3/p+1. The first-order valence-electron chi connectivity index (χ1n) is 6.58. The molecule has 1 aliphatic heterocycles. The van der Waals surface area contributed by atoms with Crippen LogP contribution in [0.2, 0.25) is 6.55 Å². The summed E-state index contributed by atoms with van der Waals surface area (Å²) in [5, 5.41) is 1.50. The summed E-state index contributed by atoms with van der Waals surface area (Å²) in [7, 11) is -0.0572. The van der Waals surface area contributed by atoms with E-state index in [0.717, 1.165) is 16.8 Å². The van der Waals surface area contributed by atoms with Crippen LogP contribution in [0.25, 0.3) is 0 Å². The van der Waals surface area contributed by atoms with Gasteiger partial charge in [0.15, 0.2) is 0 Å². The van der Waals surface area contributed by atoms with Crippen LogP contribution < -0.4 is 10.9 Å². The summed E-state index contributed by atoms with van der Waals surface area (Å²) in [4.78, 5) is 0. The Hall–Kier alpha value is -0.426. The molecule has 0 aromatic heterocycles. The Labute approximate surface area is 110 Å². The van der Waals surface area contributed by atoms with E-state index in [0.29, 0.717) is 0 Å². The van der Waals surface area contributed by atoms with Crippen molar-refractivity contribution in [3.05, 3.63) is 30.3 Å². The van der Waals surface area contributed by atoms with Crippen LogP contribution in [0.4, 0.5) is 0 Å². The van der Waals surface area contributed by atoms with Crippen molar-refractivity contribution in [1.82, 2.24) is 0 Å². The van der Waals surface area contributed by atoms with Crippen molar-refractivity contribution in [3.63, 3.8) is 0 Å². The number of nitrogens with two attached hydrogens (primary N) is 1. The molecule has 0 amide bonds. The van der Waals surface area contributed by atoms with Gasteiger partial charge >= 0.3 is 1.43 Å². The van der Waals surface area contributed by atoms with E-state index in [1.807, 2.05) is 0 Å². The highest BCUT2D eigenvalue weighted by molar-refractivity contribution is 6.74. The fraction of sp³-hybridized carbons (Fsp3) is 0.538. The largest absolute Gasteiger partial charge is 1.00 e. The first-order valence-corrected chi connectivity index (χ1v) is 9.98. The van der Waals surface area contributed by atoms with Crippen molar-refractivity contribution in [2.24, 2.45) is 5.73 Å². The molecule has 0 aliphatic carbocycles. The van der Waals surface area contributed by atoms with Gasteiger partial charge in [0.2, 0.25) is 0 Å². The van der Waals surface area contributed by atoms with Crippen molar-refractivity contribution in [3.8, 4) is 0 Å². The first kappa shape index (κ1) is 13.0. The number of benzene rings is 1. The minimum absolute atomic E-state index is 0. The molecular formula is C13H24NOSi2+. The Bertz CT molecular complexity index is 357. The Morgan fingerprint density at radius 1 is 1.41 bits per heavy atom. The van der Waals surface area contributed by atoms with Crippen LogP contribution in [0.5, 0.6) is 0 Å². The summed E-state index contributed by atoms with van der Waals surface area (Å²) in [5.74, 6) is 0. The fourth-order valence-corrected chi connectivity index (χ4v) is 7.33. The van der Waals surface area contributed by atoms with E-state index in [9.17, 15) is 0 Å². The second kappa shape index (κ2) is 5.48. The quantitative estimate of drug-likeness (QED) is 0.781. The maximum atomic E-state index is 6.53. The number of hydrogen-bond acceptors (Lipinski definition) is 2. The van der Waals surface area contributed by atoms with E-state index in [2.05, 4.69) is 36.9 Å². The third-order valence-corrected chi connectivity index (χ3v) is 9.41. The summed E-state index contributed by atoms with van der Waals surface area (Å²) in [6, 6.07) is 10.8. The summed E-state index contributed by atoms with van der Waals surface area (Å²) >= 11 is 0. The van der Waals surface area contributed by atoms with Gasteiger partial charge in [0.1, 0.15) is 0 Å². The molecule has 2 N–H and O–H groups in total. The second-order valence-corrected chi connectivity index (χ2v) is 10.00. The van der Waals surface area contributed by atoms with Crippen LogP contribution >= 0.6 is 0 Å². The van der Waals surface area contributed by atoms with E-state index >= 15 is 0 Å². The van der Waals surface area contributed by atoms with E-state index in [-0.39, 0.29) is 12.3 Å². The summed E-state index contributed by atoms with van der Waals surface area (Å²) < 4.78 is 6.04. The zero-order chi connectivity index (χ0) is 12.3. The normalized spacial score (nSPS) is 28.8. The Morgan fingerprint density at radius 3 is 2.71 bits per heavy atom. The van der Waals surface area contributed by atoms with Gasteiger partial charge in [0.25, 0.3) is 0 Å².